The summed E-state index contributed by atoms with van der Waals surface area (Å²) in [5.74, 6) is 1.99. The first-order chi connectivity index (χ1) is 16.2. The van der Waals surface area contributed by atoms with Crippen LogP contribution in [0.5, 0.6) is 5.75 Å². The van der Waals surface area contributed by atoms with Gasteiger partial charge < -0.3 is 19.8 Å². The lowest BCUT2D eigenvalue weighted by Gasteiger charge is -2.20. The Morgan fingerprint density at radius 1 is 1.24 bits per heavy atom. The maximum absolute atomic E-state index is 12.7. The zero-order valence-electron chi connectivity index (χ0n) is 19.4. The van der Waals surface area contributed by atoms with Gasteiger partial charge in [-0.05, 0) is 68.1 Å². The molecule has 186 valence electrons. The van der Waals surface area contributed by atoms with Gasteiger partial charge in [0.1, 0.15) is 5.75 Å². The summed E-state index contributed by atoms with van der Waals surface area (Å²) in [6.45, 7) is 1.34. The number of aromatic amines is 1. The van der Waals surface area contributed by atoms with Gasteiger partial charge in [0.25, 0.3) is 0 Å². The Labute approximate surface area is 197 Å². The summed E-state index contributed by atoms with van der Waals surface area (Å²) >= 11 is 0. The smallest absolute Gasteiger partial charge is 0.401 e. The first-order valence-corrected chi connectivity index (χ1v) is 12.1. The molecule has 2 aromatic rings. The summed E-state index contributed by atoms with van der Waals surface area (Å²) in [5, 5.41) is 3.94. The molecule has 1 aromatic carbocycles. The molecular weight excluding hydrogens is 447 g/mol. The van der Waals surface area contributed by atoms with E-state index in [-0.39, 0.29) is 5.91 Å². The van der Waals surface area contributed by atoms with Crippen molar-refractivity contribution in [1.82, 2.24) is 9.88 Å². The highest BCUT2D eigenvalue weighted by Crippen LogP contribution is 2.47. The highest BCUT2D eigenvalue weighted by Gasteiger charge is 2.50. The Hall–Kier alpha value is -2.26. The molecular formula is C25H32F3N3O3. The minimum Gasteiger partial charge on any atom is -0.494 e. The molecule has 6 nitrogen and oxygen atoms in total. The SMILES string of the molecule is COCC1(C(=O)Nc2c[nH]c3ccc(OCC[C@@H]4C[C@@H]5CN(CC(F)(F)F)C[C@@H]5C4)cc23)CC1. The van der Waals surface area contributed by atoms with E-state index in [4.69, 9.17) is 9.47 Å². The number of rotatable bonds is 9. The van der Waals surface area contributed by atoms with Gasteiger partial charge in [-0.15, -0.1) is 0 Å². The van der Waals surface area contributed by atoms with Gasteiger partial charge in [0.05, 0.1) is 30.9 Å². The topological polar surface area (TPSA) is 66.6 Å². The summed E-state index contributed by atoms with van der Waals surface area (Å²) < 4.78 is 49.2. The summed E-state index contributed by atoms with van der Waals surface area (Å²) in [6, 6.07) is 5.80. The van der Waals surface area contributed by atoms with Crippen molar-refractivity contribution in [2.75, 3.05) is 45.3 Å². The number of carbonyl (C=O) groups excluding carboxylic acids is 1. The molecule has 0 radical (unpaired) electrons. The Bertz CT molecular complexity index is 1020. The third-order valence-electron chi connectivity index (χ3n) is 7.78. The number of fused-ring (bicyclic) bond motifs is 2. The van der Waals surface area contributed by atoms with E-state index in [0.717, 1.165) is 54.4 Å². The first kappa shape index (κ1) is 23.5. The second-order valence-electron chi connectivity index (χ2n) is 10.4. The fourth-order valence-electron chi connectivity index (χ4n) is 5.90. The number of likely N-dealkylation sites (tertiary alicyclic amines) is 1. The lowest BCUT2D eigenvalue weighted by atomic mass is 10.0. The molecule has 1 aromatic heterocycles. The summed E-state index contributed by atoms with van der Waals surface area (Å²) in [6.07, 6.45) is 2.24. The second kappa shape index (κ2) is 9.07. The average molecular weight is 480 g/mol. The van der Waals surface area contributed by atoms with Crippen molar-refractivity contribution in [3.63, 3.8) is 0 Å². The number of ether oxygens (including phenoxy) is 2. The van der Waals surface area contributed by atoms with E-state index in [9.17, 15) is 18.0 Å². The highest BCUT2D eigenvalue weighted by atomic mass is 19.4. The van der Waals surface area contributed by atoms with Crippen LogP contribution in [-0.2, 0) is 9.53 Å². The number of benzene rings is 1. The number of H-pyrrole nitrogens is 1. The number of nitrogens with zero attached hydrogens (tertiary/aromatic N) is 1. The lowest BCUT2D eigenvalue weighted by molar-refractivity contribution is -0.144. The van der Waals surface area contributed by atoms with Gasteiger partial charge in [-0.25, -0.2) is 0 Å². The van der Waals surface area contributed by atoms with Crippen LogP contribution in [0.3, 0.4) is 0 Å². The fourth-order valence-corrected chi connectivity index (χ4v) is 5.90. The number of aromatic nitrogens is 1. The molecule has 1 aliphatic heterocycles. The molecule has 3 fully saturated rings. The van der Waals surface area contributed by atoms with Gasteiger partial charge >= 0.3 is 6.18 Å². The van der Waals surface area contributed by atoms with Crippen LogP contribution >= 0.6 is 0 Å². The van der Waals surface area contributed by atoms with Gasteiger partial charge in [0, 0.05) is 37.3 Å². The molecule has 5 rings (SSSR count). The summed E-state index contributed by atoms with van der Waals surface area (Å²) in [5.41, 5.74) is 1.25. The zero-order valence-corrected chi connectivity index (χ0v) is 19.4. The molecule has 3 aliphatic rings. The Kier molecular flexibility index (Phi) is 6.27. The number of halogens is 3. The molecule has 2 heterocycles. The number of anilines is 1. The number of hydrogen-bond donors (Lipinski definition) is 2. The number of carbonyl (C=O) groups is 1. The average Bonchev–Trinajstić information content (AvgIpc) is 3.10. The van der Waals surface area contributed by atoms with Gasteiger partial charge in [-0.1, -0.05) is 0 Å². The van der Waals surface area contributed by atoms with Crippen LogP contribution in [-0.4, -0.2) is 61.9 Å². The van der Waals surface area contributed by atoms with Crippen molar-refractivity contribution in [1.29, 1.82) is 0 Å². The maximum atomic E-state index is 12.7. The predicted octanol–water partition coefficient (Wildman–Crippen LogP) is 4.82. The summed E-state index contributed by atoms with van der Waals surface area (Å²) in [7, 11) is 1.61. The first-order valence-electron chi connectivity index (χ1n) is 12.1. The highest BCUT2D eigenvalue weighted by molar-refractivity contribution is 6.04. The van der Waals surface area contributed by atoms with Crippen LogP contribution in [0.1, 0.15) is 32.1 Å². The van der Waals surface area contributed by atoms with E-state index in [0.29, 0.717) is 44.1 Å². The van der Waals surface area contributed by atoms with Crippen molar-refractivity contribution in [3.8, 4) is 5.75 Å². The molecule has 0 spiro atoms. The third-order valence-corrected chi connectivity index (χ3v) is 7.78. The molecule has 9 heteroatoms. The van der Waals surface area contributed by atoms with E-state index in [1.807, 2.05) is 18.2 Å². The van der Waals surface area contributed by atoms with E-state index >= 15 is 0 Å². The van der Waals surface area contributed by atoms with E-state index < -0.39 is 18.1 Å². The van der Waals surface area contributed by atoms with Crippen LogP contribution < -0.4 is 10.1 Å². The Morgan fingerprint density at radius 3 is 2.62 bits per heavy atom. The number of methoxy groups -OCH3 is 1. The molecule has 1 amide bonds. The standard InChI is InChI=1S/C25H32F3N3O3/c1-33-15-24(5-6-24)23(32)30-22-11-29-21-3-2-19(10-20(21)22)34-7-4-16-8-17-12-31(13-18(17)9-16)14-25(26,27)28/h2-3,10-11,16-18,29H,4-9,12-15H2,1H3,(H,30,32)/t16-,17-,18+. The van der Waals surface area contributed by atoms with Crippen LogP contribution in [0.2, 0.25) is 0 Å². The Morgan fingerprint density at radius 2 is 1.97 bits per heavy atom. The van der Waals surface area contributed by atoms with Crippen molar-refractivity contribution >= 4 is 22.5 Å². The largest absolute Gasteiger partial charge is 0.494 e. The van der Waals surface area contributed by atoms with Crippen LogP contribution in [0.15, 0.2) is 24.4 Å². The quantitative estimate of drug-likeness (QED) is 0.541. The third kappa shape index (κ3) is 5.05. The van der Waals surface area contributed by atoms with Gasteiger partial charge in [0.2, 0.25) is 5.91 Å². The minimum absolute atomic E-state index is 0.0119. The molecule has 2 N–H and O–H groups in total. The summed E-state index contributed by atoms with van der Waals surface area (Å²) in [4.78, 5) is 17.5. The molecule has 0 unspecified atom stereocenters. The molecule has 2 aliphatic carbocycles. The van der Waals surface area contributed by atoms with Crippen molar-refractivity contribution in [3.05, 3.63) is 24.4 Å². The monoisotopic (exact) mass is 479 g/mol. The number of amides is 1. The maximum Gasteiger partial charge on any atom is 0.401 e. The zero-order chi connectivity index (χ0) is 23.9. The van der Waals surface area contributed by atoms with Gasteiger partial charge in [0.15, 0.2) is 0 Å². The molecule has 0 bridgehead atoms. The van der Waals surface area contributed by atoms with Gasteiger partial charge in [-0.3, -0.25) is 9.69 Å². The van der Waals surface area contributed by atoms with E-state index in [2.05, 4.69) is 10.3 Å². The van der Waals surface area contributed by atoms with Crippen molar-refractivity contribution in [2.45, 2.75) is 38.3 Å². The molecule has 2 saturated carbocycles. The van der Waals surface area contributed by atoms with Crippen LogP contribution in [0.25, 0.3) is 10.9 Å². The number of alkyl halides is 3. The van der Waals surface area contributed by atoms with E-state index in [1.165, 1.54) is 0 Å². The van der Waals surface area contributed by atoms with E-state index in [1.54, 1.807) is 18.2 Å². The predicted molar refractivity (Wildman–Crippen MR) is 123 cm³/mol. The van der Waals surface area contributed by atoms with Crippen LogP contribution in [0, 0.1) is 23.2 Å². The molecule has 1 saturated heterocycles. The molecule has 3 atom stereocenters. The lowest BCUT2D eigenvalue weighted by Crippen LogP contribution is -2.33. The van der Waals surface area contributed by atoms with Crippen molar-refractivity contribution in [2.24, 2.45) is 23.2 Å². The Balaban J connectivity index is 1.12. The number of hydrogen-bond acceptors (Lipinski definition) is 4. The van der Waals surface area contributed by atoms with Crippen molar-refractivity contribution < 1.29 is 27.4 Å². The fraction of sp³-hybridized carbons (Fsp3) is 0.640. The molecule has 34 heavy (non-hydrogen) atoms. The second-order valence-corrected chi connectivity index (χ2v) is 10.4. The van der Waals surface area contributed by atoms with Crippen LogP contribution in [0.4, 0.5) is 18.9 Å². The normalized spacial score (nSPS) is 26.1. The number of nitrogens with one attached hydrogen (secondary N) is 2. The van der Waals surface area contributed by atoms with Gasteiger partial charge in [-0.2, -0.15) is 13.2 Å². The minimum atomic E-state index is -4.11.